The number of aromatic nitrogens is 4. The van der Waals surface area contributed by atoms with Crippen LogP contribution in [0.2, 0.25) is 10.0 Å². The molecule has 13 heteroatoms. The van der Waals surface area contributed by atoms with Crippen LogP contribution < -0.4 is 26.2 Å². The van der Waals surface area contributed by atoms with Gasteiger partial charge in [0.05, 0.1) is 29.4 Å². The molecule has 4 heterocycles. The fourth-order valence-corrected chi connectivity index (χ4v) is 6.89. The number of fused-ring (bicyclic) bond motifs is 1. The van der Waals surface area contributed by atoms with E-state index in [1.165, 1.54) is 4.57 Å². The monoisotopic (exact) mass is 703 g/mol. The second-order valence-electron chi connectivity index (χ2n) is 12.7. The largest absolute Gasteiger partial charge is 0.481 e. The molecule has 2 aromatic carbocycles. The van der Waals surface area contributed by atoms with Gasteiger partial charge in [0.2, 0.25) is 11.8 Å². The zero-order valence-electron chi connectivity index (χ0n) is 27.2. The molecule has 1 saturated carbocycles. The maximum atomic E-state index is 14.1. The number of rotatable bonds is 12. The molecule has 0 bridgehead atoms. The Morgan fingerprint density at radius 2 is 1.71 bits per heavy atom. The minimum absolute atomic E-state index is 0.0892. The molecule has 7 rings (SSSR count). The molecule has 5 aromatic rings. The second kappa shape index (κ2) is 13.5. The van der Waals surface area contributed by atoms with Gasteiger partial charge in [0.15, 0.2) is 0 Å². The van der Waals surface area contributed by atoms with Gasteiger partial charge in [0.1, 0.15) is 17.0 Å². The highest BCUT2D eigenvalue weighted by Crippen LogP contribution is 2.42. The number of benzene rings is 2. The molecule has 1 saturated heterocycles. The lowest BCUT2D eigenvalue weighted by atomic mass is 9.97. The van der Waals surface area contributed by atoms with Crippen LogP contribution in [0.5, 0.6) is 5.88 Å². The number of nitrogens with one attached hydrogen (secondary N) is 3. The molecular weight excluding hydrogens is 668 g/mol. The Balaban J connectivity index is 1.15. The molecule has 49 heavy (non-hydrogen) atoms. The molecule has 3 N–H and O–H groups in total. The molecular formula is C36H36Cl2FN7O3. The predicted octanol–water partition coefficient (Wildman–Crippen LogP) is 5.70. The topological polar surface area (TPSA) is 115 Å². The van der Waals surface area contributed by atoms with Gasteiger partial charge in [-0.25, -0.2) is 13.9 Å². The average Bonchev–Trinajstić information content (AvgIpc) is 3.45. The van der Waals surface area contributed by atoms with Crippen molar-refractivity contribution in [2.45, 2.75) is 50.5 Å². The van der Waals surface area contributed by atoms with Gasteiger partial charge in [-0.2, -0.15) is 5.10 Å². The third kappa shape index (κ3) is 6.81. The SMILES string of the molecule is COc1nc(-c2cccc(-c3cccc(-c4cc5c(=O)n(C)c(CNCC6(F)CC6)nn5c4)c3Cl)c2Cl)ccc1CNCC1CCC(=O)N1. The lowest BCUT2D eigenvalue weighted by Gasteiger charge is -2.15. The summed E-state index contributed by atoms with van der Waals surface area (Å²) in [5, 5.41) is 15.0. The van der Waals surface area contributed by atoms with E-state index in [0.29, 0.717) is 65.3 Å². The van der Waals surface area contributed by atoms with E-state index in [0.717, 1.165) is 39.8 Å². The van der Waals surface area contributed by atoms with Crippen LogP contribution in [0, 0.1) is 0 Å². The number of amides is 1. The van der Waals surface area contributed by atoms with E-state index in [-0.39, 0.29) is 30.6 Å². The number of nitrogens with zero attached hydrogens (tertiary/aromatic N) is 4. The van der Waals surface area contributed by atoms with Crippen molar-refractivity contribution >= 4 is 34.6 Å². The third-order valence-corrected chi connectivity index (χ3v) is 10.1. The van der Waals surface area contributed by atoms with Crippen molar-refractivity contribution in [3.05, 3.63) is 92.6 Å². The standard InChI is InChI=1S/C36H36Cl2FN7O3/c1-45-30(18-41-20-36(39)13-14-36)44-46-19-22(15-29(46)35(45)48)24-5-3-6-25(32(24)37)26-7-4-8-27(33(26)38)28-11-9-21(34(43-28)49-2)16-40-17-23-10-12-31(47)42-23/h3-9,11,15,19,23,40-41H,10,12-14,16-18,20H2,1-2H3,(H,42,47). The number of pyridine rings is 1. The van der Waals surface area contributed by atoms with E-state index in [4.69, 9.17) is 32.9 Å². The van der Waals surface area contributed by atoms with Gasteiger partial charge >= 0.3 is 0 Å². The summed E-state index contributed by atoms with van der Waals surface area (Å²) in [6.07, 6.45) is 4.28. The summed E-state index contributed by atoms with van der Waals surface area (Å²) in [5.41, 5.74) is 4.18. The van der Waals surface area contributed by atoms with E-state index >= 15 is 0 Å². The fourth-order valence-electron chi connectivity index (χ4n) is 6.23. The summed E-state index contributed by atoms with van der Waals surface area (Å²) in [6, 6.07) is 17.2. The maximum Gasteiger partial charge on any atom is 0.277 e. The first kappa shape index (κ1) is 33.2. The third-order valence-electron chi connectivity index (χ3n) is 9.25. The number of hydrogen-bond donors (Lipinski definition) is 3. The molecule has 1 atom stereocenters. The summed E-state index contributed by atoms with van der Waals surface area (Å²) in [5.74, 6) is 1.07. The number of methoxy groups -OCH3 is 1. The van der Waals surface area contributed by atoms with Crippen molar-refractivity contribution < 1.29 is 13.9 Å². The normalized spacial score (nSPS) is 16.7. The summed E-state index contributed by atoms with van der Waals surface area (Å²) in [4.78, 5) is 29.5. The summed E-state index contributed by atoms with van der Waals surface area (Å²) in [6.45, 7) is 1.71. The first-order valence-electron chi connectivity index (χ1n) is 16.2. The van der Waals surface area contributed by atoms with Crippen molar-refractivity contribution in [2.24, 2.45) is 7.05 Å². The van der Waals surface area contributed by atoms with Gasteiger partial charge in [-0.3, -0.25) is 14.2 Å². The number of hydrogen-bond acceptors (Lipinski definition) is 7. The predicted molar refractivity (Wildman–Crippen MR) is 189 cm³/mol. The fraction of sp³-hybridized carbons (Fsp3) is 0.333. The molecule has 254 valence electrons. The molecule has 1 unspecified atom stereocenters. The van der Waals surface area contributed by atoms with Gasteiger partial charge in [-0.05, 0) is 31.4 Å². The molecule has 10 nitrogen and oxygen atoms in total. The number of ether oxygens (including phenoxy) is 1. The Morgan fingerprint density at radius 3 is 2.41 bits per heavy atom. The van der Waals surface area contributed by atoms with Crippen LogP contribution >= 0.6 is 23.2 Å². The first-order valence-corrected chi connectivity index (χ1v) is 17.0. The highest BCUT2D eigenvalue weighted by molar-refractivity contribution is 6.39. The highest BCUT2D eigenvalue weighted by Gasteiger charge is 2.42. The number of halogens is 3. The molecule has 2 fully saturated rings. The van der Waals surface area contributed by atoms with E-state index in [1.807, 2.05) is 48.5 Å². The number of alkyl halides is 1. The van der Waals surface area contributed by atoms with Gasteiger partial charge in [0.25, 0.3) is 5.56 Å². The minimum Gasteiger partial charge on any atom is -0.481 e. The van der Waals surface area contributed by atoms with Crippen LogP contribution in [0.15, 0.2) is 65.6 Å². The van der Waals surface area contributed by atoms with Crippen molar-refractivity contribution in [1.82, 2.24) is 35.1 Å². The van der Waals surface area contributed by atoms with Crippen molar-refractivity contribution in [3.8, 4) is 39.4 Å². The Morgan fingerprint density at radius 1 is 1.00 bits per heavy atom. The Hall–Kier alpha value is -4.29. The highest BCUT2D eigenvalue weighted by atomic mass is 35.5. The van der Waals surface area contributed by atoms with Crippen molar-refractivity contribution in [2.75, 3.05) is 20.2 Å². The molecule has 1 aliphatic carbocycles. The van der Waals surface area contributed by atoms with Crippen LogP contribution in [0.3, 0.4) is 0 Å². The molecule has 0 radical (unpaired) electrons. The van der Waals surface area contributed by atoms with Crippen LogP contribution in [0.25, 0.3) is 39.0 Å². The Labute approximate surface area is 292 Å². The lowest BCUT2D eigenvalue weighted by molar-refractivity contribution is -0.119. The number of carbonyl (C=O) groups excluding carboxylic acids is 1. The van der Waals surface area contributed by atoms with Crippen LogP contribution in [0.4, 0.5) is 4.39 Å². The van der Waals surface area contributed by atoms with Gasteiger partial charge in [-0.1, -0.05) is 65.7 Å². The minimum atomic E-state index is -1.14. The average molecular weight is 705 g/mol. The van der Waals surface area contributed by atoms with E-state index in [9.17, 15) is 14.0 Å². The van der Waals surface area contributed by atoms with Gasteiger partial charge in [-0.15, -0.1) is 0 Å². The first-order chi connectivity index (χ1) is 23.6. The quantitative estimate of drug-likeness (QED) is 0.153. The molecule has 3 aromatic heterocycles. The molecule has 1 amide bonds. The van der Waals surface area contributed by atoms with Gasteiger partial charge < -0.3 is 20.7 Å². The maximum absolute atomic E-state index is 14.1. The Bertz CT molecular complexity index is 2130. The molecule has 2 aliphatic rings. The Kier molecular flexibility index (Phi) is 9.19. The number of carbonyl (C=O) groups is 1. The second-order valence-corrected chi connectivity index (χ2v) is 13.5. The van der Waals surface area contributed by atoms with Crippen LogP contribution in [-0.4, -0.2) is 57.0 Å². The summed E-state index contributed by atoms with van der Waals surface area (Å²) in [7, 11) is 3.25. The lowest BCUT2D eigenvalue weighted by Crippen LogP contribution is -2.35. The zero-order valence-corrected chi connectivity index (χ0v) is 28.7. The summed E-state index contributed by atoms with van der Waals surface area (Å²) < 4.78 is 22.8. The summed E-state index contributed by atoms with van der Waals surface area (Å²) >= 11 is 14.2. The van der Waals surface area contributed by atoms with Crippen LogP contribution in [-0.2, 0) is 24.9 Å². The van der Waals surface area contributed by atoms with Crippen LogP contribution in [0.1, 0.15) is 37.1 Å². The molecule has 0 spiro atoms. The van der Waals surface area contributed by atoms with Gasteiger partial charge in [0, 0.05) is 78.7 Å². The smallest absolute Gasteiger partial charge is 0.277 e. The molecule has 1 aliphatic heterocycles. The van der Waals surface area contributed by atoms with E-state index < -0.39 is 5.67 Å². The van der Waals surface area contributed by atoms with E-state index in [2.05, 4.69) is 21.0 Å². The van der Waals surface area contributed by atoms with Crippen molar-refractivity contribution in [1.29, 1.82) is 0 Å². The zero-order chi connectivity index (χ0) is 34.3. The van der Waals surface area contributed by atoms with Crippen molar-refractivity contribution in [3.63, 3.8) is 0 Å². The van der Waals surface area contributed by atoms with E-state index in [1.54, 1.807) is 30.9 Å².